The van der Waals surface area contributed by atoms with Gasteiger partial charge in [0.1, 0.15) is 11.4 Å². The van der Waals surface area contributed by atoms with Crippen LogP contribution in [0.3, 0.4) is 0 Å². The Labute approximate surface area is 190 Å². The molecular weight excluding hydrogens is 404 g/mol. The molecule has 12 unspecified atom stereocenters. The fourth-order valence-corrected chi connectivity index (χ4v) is 10.1. The van der Waals surface area contributed by atoms with Crippen molar-refractivity contribution in [2.45, 2.75) is 77.4 Å². The van der Waals surface area contributed by atoms with Crippen molar-refractivity contribution < 1.29 is 24.5 Å². The predicted octanol–water partition coefficient (Wildman–Crippen LogP) is 2.97. The molecule has 0 radical (unpaired) electrons. The van der Waals surface area contributed by atoms with E-state index < -0.39 is 17.2 Å². The molecule has 6 aliphatic carbocycles. The molecular formula is C27H36O5. The van der Waals surface area contributed by atoms with Gasteiger partial charge in [-0.2, -0.15) is 0 Å². The van der Waals surface area contributed by atoms with Crippen LogP contribution in [0.25, 0.3) is 0 Å². The molecule has 0 heterocycles. The summed E-state index contributed by atoms with van der Waals surface area (Å²) < 4.78 is 5.00. The molecule has 0 saturated heterocycles. The van der Waals surface area contributed by atoms with Crippen LogP contribution in [0, 0.1) is 70.0 Å². The Morgan fingerprint density at radius 3 is 2.59 bits per heavy atom. The second-order valence-electron chi connectivity index (χ2n) is 12.4. The summed E-state index contributed by atoms with van der Waals surface area (Å²) in [7, 11) is 0. The molecule has 5 nitrogen and oxygen atoms in total. The van der Waals surface area contributed by atoms with Gasteiger partial charge >= 0.3 is 5.97 Å². The molecule has 6 fully saturated rings. The Balaban J connectivity index is 1.39. The highest BCUT2D eigenvalue weighted by Crippen LogP contribution is 2.82. The van der Waals surface area contributed by atoms with Crippen molar-refractivity contribution >= 4 is 11.8 Å². The van der Waals surface area contributed by atoms with Crippen LogP contribution in [0.5, 0.6) is 0 Å². The third-order valence-corrected chi connectivity index (χ3v) is 11.6. The number of ketones is 1. The van der Waals surface area contributed by atoms with Crippen molar-refractivity contribution in [1.82, 2.24) is 0 Å². The Hall–Kier alpha value is -1.38. The zero-order valence-electron chi connectivity index (χ0n) is 19.7. The summed E-state index contributed by atoms with van der Waals surface area (Å²) in [6.45, 7) is 8.76. The summed E-state index contributed by atoms with van der Waals surface area (Å²) in [5, 5.41) is 23.9. The molecule has 6 rings (SSSR count). The summed E-state index contributed by atoms with van der Waals surface area (Å²) in [6, 6.07) is 0. The molecule has 32 heavy (non-hydrogen) atoms. The van der Waals surface area contributed by atoms with Gasteiger partial charge in [0.05, 0.1) is 12.2 Å². The van der Waals surface area contributed by atoms with Gasteiger partial charge in [-0.1, -0.05) is 26.7 Å². The number of rotatable bonds is 1. The van der Waals surface area contributed by atoms with Crippen LogP contribution in [-0.2, 0) is 14.3 Å². The van der Waals surface area contributed by atoms with E-state index in [2.05, 4.69) is 32.6 Å². The van der Waals surface area contributed by atoms with Crippen molar-refractivity contribution in [1.29, 1.82) is 0 Å². The second kappa shape index (κ2) is 6.19. The Morgan fingerprint density at radius 2 is 1.88 bits per heavy atom. The smallest absolute Gasteiger partial charge is 0.384 e. The lowest BCUT2D eigenvalue weighted by Crippen LogP contribution is -2.65. The van der Waals surface area contributed by atoms with Gasteiger partial charge in [-0.15, -0.1) is 0 Å². The van der Waals surface area contributed by atoms with Gasteiger partial charge in [0.25, 0.3) is 0 Å². The molecule has 174 valence electrons. The summed E-state index contributed by atoms with van der Waals surface area (Å²) in [5.41, 5.74) is -2.60. The SMILES string of the molecule is CCOC(=O)C#CC1(O)C2CC2C2C3C4C(C)C4C4(O)CC(=O)CCC4(C)C3CCC21C. The van der Waals surface area contributed by atoms with Gasteiger partial charge in [-0.25, -0.2) is 4.79 Å². The average molecular weight is 441 g/mol. The van der Waals surface area contributed by atoms with Gasteiger partial charge in [0.2, 0.25) is 0 Å². The third kappa shape index (κ3) is 2.24. The maximum absolute atomic E-state index is 12.4. The van der Waals surface area contributed by atoms with Crippen LogP contribution in [0.1, 0.15) is 66.2 Å². The largest absolute Gasteiger partial charge is 0.456 e. The zero-order chi connectivity index (χ0) is 22.8. The van der Waals surface area contributed by atoms with Gasteiger partial charge in [0.15, 0.2) is 0 Å². The van der Waals surface area contributed by atoms with Crippen LogP contribution in [0.4, 0.5) is 0 Å². The van der Waals surface area contributed by atoms with E-state index in [1.807, 2.05) is 0 Å². The molecule has 5 heteroatoms. The van der Waals surface area contributed by atoms with E-state index in [9.17, 15) is 19.8 Å². The number of fused-ring (bicyclic) bond motifs is 10. The van der Waals surface area contributed by atoms with Crippen LogP contribution >= 0.6 is 0 Å². The molecule has 2 N–H and O–H groups in total. The monoisotopic (exact) mass is 440 g/mol. The van der Waals surface area contributed by atoms with Crippen LogP contribution in [0.2, 0.25) is 0 Å². The summed E-state index contributed by atoms with van der Waals surface area (Å²) >= 11 is 0. The number of ether oxygens (including phenoxy) is 1. The van der Waals surface area contributed by atoms with E-state index in [1.54, 1.807) is 6.92 Å². The fraction of sp³-hybridized carbons (Fsp3) is 0.852. The van der Waals surface area contributed by atoms with Gasteiger partial charge in [0, 0.05) is 35.5 Å². The standard InChI is InChI=1S/C27H36O5/c1-5-32-19(29)8-11-26(30)18-12-16(18)23-21-17(7-10-25(23,26)4)24(3)9-6-15(28)13-27(24,31)22-14(2)20(21)22/h14,16-18,20-23,30-31H,5-7,9-10,12-13H2,1-4H3. The number of esters is 1. The lowest BCUT2D eigenvalue weighted by Gasteiger charge is -2.63. The first-order chi connectivity index (χ1) is 15.0. The first kappa shape index (κ1) is 21.2. The molecule has 0 aromatic heterocycles. The predicted molar refractivity (Wildman–Crippen MR) is 117 cm³/mol. The van der Waals surface area contributed by atoms with Crippen LogP contribution in [-0.4, -0.2) is 39.8 Å². The minimum atomic E-state index is -1.15. The highest BCUT2D eigenvalue weighted by Gasteiger charge is 2.82. The van der Waals surface area contributed by atoms with Crippen molar-refractivity contribution in [2.24, 2.45) is 58.2 Å². The molecule has 0 spiro atoms. The molecule has 0 aromatic rings. The normalized spacial score (nSPS) is 58.8. The summed E-state index contributed by atoms with van der Waals surface area (Å²) in [5.74, 6) is 8.11. The summed E-state index contributed by atoms with van der Waals surface area (Å²) in [4.78, 5) is 24.4. The van der Waals surface area contributed by atoms with Crippen LogP contribution < -0.4 is 0 Å². The van der Waals surface area contributed by atoms with Gasteiger partial charge < -0.3 is 14.9 Å². The number of carbonyl (C=O) groups excluding carboxylic acids is 2. The third-order valence-electron chi connectivity index (χ3n) is 11.6. The molecule has 6 aliphatic rings. The second-order valence-corrected chi connectivity index (χ2v) is 12.4. The zero-order valence-corrected chi connectivity index (χ0v) is 19.7. The Morgan fingerprint density at radius 1 is 1.12 bits per heavy atom. The number of hydrogen-bond donors (Lipinski definition) is 2. The molecule has 0 aromatic carbocycles. The molecule has 12 atom stereocenters. The maximum atomic E-state index is 12.4. The Bertz CT molecular complexity index is 963. The first-order valence-electron chi connectivity index (χ1n) is 12.7. The van der Waals surface area contributed by atoms with E-state index in [0.29, 0.717) is 48.3 Å². The quantitative estimate of drug-likeness (QED) is 0.372. The average Bonchev–Trinajstić information content (AvgIpc) is 3.63. The van der Waals surface area contributed by atoms with E-state index in [-0.39, 0.29) is 35.1 Å². The van der Waals surface area contributed by atoms with Crippen molar-refractivity contribution in [3.8, 4) is 11.8 Å². The first-order valence-corrected chi connectivity index (χ1v) is 12.7. The summed E-state index contributed by atoms with van der Waals surface area (Å²) in [6.07, 6.45) is 4.46. The highest BCUT2D eigenvalue weighted by molar-refractivity contribution is 5.88. The lowest BCUT2D eigenvalue weighted by molar-refractivity contribution is -0.218. The van der Waals surface area contributed by atoms with E-state index >= 15 is 0 Å². The lowest BCUT2D eigenvalue weighted by atomic mass is 9.42. The Kier molecular flexibility index (Phi) is 4.09. The fourth-order valence-electron chi connectivity index (χ4n) is 10.1. The molecule has 0 amide bonds. The van der Waals surface area contributed by atoms with Crippen molar-refractivity contribution in [2.75, 3.05) is 6.61 Å². The van der Waals surface area contributed by atoms with Gasteiger partial charge in [-0.05, 0) is 74.0 Å². The molecule has 6 saturated carbocycles. The van der Waals surface area contributed by atoms with Crippen molar-refractivity contribution in [3.63, 3.8) is 0 Å². The van der Waals surface area contributed by atoms with Gasteiger partial charge in [-0.3, -0.25) is 4.79 Å². The number of aliphatic hydroxyl groups is 2. The molecule has 0 aliphatic heterocycles. The molecule has 0 bridgehead atoms. The number of hydrogen-bond acceptors (Lipinski definition) is 5. The number of Topliss-reactive ketones (excluding diaryl/α,β-unsaturated/α-hetero) is 1. The van der Waals surface area contributed by atoms with E-state index in [1.165, 1.54) is 0 Å². The van der Waals surface area contributed by atoms with Crippen molar-refractivity contribution in [3.05, 3.63) is 0 Å². The minimum absolute atomic E-state index is 0.132. The highest BCUT2D eigenvalue weighted by atomic mass is 16.5. The minimum Gasteiger partial charge on any atom is -0.456 e. The van der Waals surface area contributed by atoms with E-state index in [0.717, 1.165) is 25.7 Å². The number of carbonyl (C=O) groups is 2. The van der Waals surface area contributed by atoms with E-state index in [4.69, 9.17) is 4.74 Å². The van der Waals surface area contributed by atoms with Crippen LogP contribution in [0.15, 0.2) is 0 Å². The topological polar surface area (TPSA) is 83.8 Å². The maximum Gasteiger partial charge on any atom is 0.384 e.